The van der Waals surface area contributed by atoms with Crippen LogP contribution in [0.15, 0.2) is 71.5 Å². The Kier molecular flexibility index (Phi) is 6.25. The highest BCUT2D eigenvalue weighted by atomic mass is 35.5. The van der Waals surface area contributed by atoms with E-state index in [1.807, 2.05) is 50.3 Å². The molecule has 1 aromatic carbocycles. The van der Waals surface area contributed by atoms with Crippen molar-refractivity contribution >= 4 is 17.7 Å². The van der Waals surface area contributed by atoms with Crippen molar-refractivity contribution in [3.63, 3.8) is 0 Å². The van der Waals surface area contributed by atoms with Crippen molar-refractivity contribution in [2.24, 2.45) is 0 Å². The van der Waals surface area contributed by atoms with Crippen LogP contribution in [0.25, 0.3) is 0 Å². The SMILES string of the molecule is C/C=C(\C=C/CN1C(=O)OC[C@@H]1c1cccc(F)c1)OC1(C)C=CC(Cl)=CC1. The van der Waals surface area contributed by atoms with Crippen LogP contribution in [0.5, 0.6) is 0 Å². The van der Waals surface area contributed by atoms with Crippen molar-refractivity contribution in [2.75, 3.05) is 13.2 Å². The third-order valence-electron chi connectivity index (χ3n) is 4.73. The predicted octanol–water partition coefficient (Wildman–Crippen LogP) is 5.64. The minimum Gasteiger partial charge on any atom is -0.484 e. The summed E-state index contributed by atoms with van der Waals surface area (Å²) in [4.78, 5) is 13.7. The van der Waals surface area contributed by atoms with Gasteiger partial charge in [-0.3, -0.25) is 4.90 Å². The maximum atomic E-state index is 13.5. The third kappa shape index (κ3) is 4.84. The number of halogens is 2. The number of hydrogen-bond acceptors (Lipinski definition) is 3. The molecule has 1 aromatic rings. The van der Waals surface area contributed by atoms with Gasteiger partial charge in [-0.15, -0.1) is 0 Å². The molecule has 0 N–H and O–H groups in total. The summed E-state index contributed by atoms with van der Waals surface area (Å²) >= 11 is 5.98. The van der Waals surface area contributed by atoms with E-state index in [4.69, 9.17) is 21.1 Å². The first-order valence-electron chi connectivity index (χ1n) is 9.16. The van der Waals surface area contributed by atoms with E-state index >= 15 is 0 Å². The maximum Gasteiger partial charge on any atom is 0.410 e. The van der Waals surface area contributed by atoms with Crippen LogP contribution in [0.4, 0.5) is 9.18 Å². The average molecular weight is 404 g/mol. The number of hydrogen-bond donors (Lipinski definition) is 0. The van der Waals surface area contributed by atoms with Gasteiger partial charge in [-0.1, -0.05) is 35.9 Å². The summed E-state index contributed by atoms with van der Waals surface area (Å²) in [6.07, 6.45) is 11.5. The predicted molar refractivity (Wildman–Crippen MR) is 107 cm³/mol. The van der Waals surface area contributed by atoms with E-state index in [1.54, 1.807) is 17.0 Å². The first-order chi connectivity index (χ1) is 13.4. The molecule has 0 saturated carbocycles. The van der Waals surface area contributed by atoms with Crippen LogP contribution in [0.3, 0.4) is 0 Å². The molecule has 6 heteroatoms. The molecule has 2 atom stereocenters. The van der Waals surface area contributed by atoms with Gasteiger partial charge in [-0.05, 0) is 55.8 Å². The highest BCUT2D eigenvalue weighted by molar-refractivity contribution is 6.31. The number of ether oxygens (including phenoxy) is 2. The molecule has 0 bridgehead atoms. The molecule has 1 saturated heterocycles. The summed E-state index contributed by atoms with van der Waals surface area (Å²) < 4.78 is 24.8. The lowest BCUT2D eigenvalue weighted by atomic mass is 9.97. The Morgan fingerprint density at radius 1 is 1.50 bits per heavy atom. The monoisotopic (exact) mass is 403 g/mol. The molecule has 1 amide bonds. The Morgan fingerprint density at radius 3 is 3.00 bits per heavy atom. The fourth-order valence-corrected chi connectivity index (χ4v) is 3.29. The smallest absolute Gasteiger partial charge is 0.410 e. The minimum atomic E-state index is -0.471. The molecule has 1 fully saturated rings. The normalized spacial score (nSPS) is 25.2. The van der Waals surface area contributed by atoms with E-state index in [1.165, 1.54) is 12.1 Å². The van der Waals surface area contributed by atoms with Crippen LogP contribution in [0.2, 0.25) is 0 Å². The van der Waals surface area contributed by atoms with Gasteiger partial charge >= 0.3 is 6.09 Å². The van der Waals surface area contributed by atoms with E-state index in [0.29, 0.717) is 29.3 Å². The molecule has 0 radical (unpaired) electrons. The summed E-state index contributed by atoms with van der Waals surface area (Å²) in [7, 11) is 0. The molecule has 148 valence electrons. The van der Waals surface area contributed by atoms with E-state index < -0.39 is 11.7 Å². The highest BCUT2D eigenvalue weighted by Crippen LogP contribution is 2.30. The molecule has 1 aliphatic carbocycles. The summed E-state index contributed by atoms with van der Waals surface area (Å²) in [5.74, 6) is 0.355. The standard InChI is InChI=1S/C22H23ClFNO3/c1-3-19(28-22(2)11-9-17(23)10-12-22)8-5-13-25-20(15-27-21(25)26)16-6-4-7-18(24)14-16/h3-11,14,20H,12-13,15H2,1-2H3/b8-5-,19-3+/t20-,22?/m1/s1. The van der Waals surface area contributed by atoms with Crippen molar-refractivity contribution in [2.45, 2.75) is 31.9 Å². The van der Waals surface area contributed by atoms with E-state index in [2.05, 4.69) is 0 Å². The Bertz CT molecular complexity index is 861. The molecule has 3 rings (SSSR count). The van der Waals surface area contributed by atoms with Gasteiger partial charge in [0.2, 0.25) is 0 Å². The zero-order valence-electron chi connectivity index (χ0n) is 15.9. The Balaban J connectivity index is 1.64. The van der Waals surface area contributed by atoms with Crippen molar-refractivity contribution in [3.05, 3.63) is 82.9 Å². The van der Waals surface area contributed by atoms with Crippen LogP contribution < -0.4 is 0 Å². The van der Waals surface area contributed by atoms with Crippen LogP contribution in [0, 0.1) is 5.82 Å². The number of amides is 1. The molecule has 1 unspecified atom stereocenters. The van der Waals surface area contributed by atoms with Crippen molar-refractivity contribution in [1.29, 1.82) is 0 Å². The number of benzene rings is 1. The minimum absolute atomic E-state index is 0.207. The Labute approximate surface area is 169 Å². The first kappa shape index (κ1) is 20.2. The van der Waals surface area contributed by atoms with Crippen LogP contribution in [-0.2, 0) is 9.47 Å². The molecule has 1 aliphatic heterocycles. The number of rotatable bonds is 6. The molecular weight excluding hydrogens is 381 g/mol. The number of carbonyl (C=O) groups is 1. The van der Waals surface area contributed by atoms with E-state index in [0.717, 1.165) is 0 Å². The lowest BCUT2D eigenvalue weighted by Gasteiger charge is -2.29. The van der Waals surface area contributed by atoms with Gasteiger partial charge in [0.15, 0.2) is 0 Å². The lowest BCUT2D eigenvalue weighted by molar-refractivity contribution is 0.0705. The van der Waals surface area contributed by atoms with Crippen molar-refractivity contribution in [3.8, 4) is 0 Å². The molecule has 1 heterocycles. The number of allylic oxidation sites excluding steroid dienone is 4. The quantitative estimate of drug-likeness (QED) is 0.456. The second kappa shape index (κ2) is 8.65. The highest BCUT2D eigenvalue weighted by Gasteiger charge is 2.33. The molecular formula is C22H23ClFNO3. The van der Waals surface area contributed by atoms with Gasteiger partial charge in [-0.25, -0.2) is 9.18 Å². The van der Waals surface area contributed by atoms with Gasteiger partial charge in [-0.2, -0.15) is 0 Å². The second-order valence-corrected chi connectivity index (χ2v) is 7.37. The fourth-order valence-electron chi connectivity index (χ4n) is 3.15. The van der Waals surface area contributed by atoms with Crippen LogP contribution in [0.1, 0.15) is 31.9 Å². The molecule has 2 aliphatic rings. The van der Waals surface area contributed by atoms with Gasteiger partial charge in [0.25, 0.3) is 0 Å². The lowest BCUT2D eigenvalue weighted by Crippen LogP contribution is -2.28. The number of cyclic esters (lactones) is 1. The topological polar surface area (TPSA) is 38.8 Å². The molecule has 28 heavy (non-hydrogen) atoms. The average Bonchev–Trinajstić information content (AvgIpc) is 3.04. The largest absolute Gasteiger partial charge is 0.484 e. The van der Waals surface area contributed by atoms with E-state index in [9.17, 15) is 9.18 Å². The van der Waals surface area contributed by atoms with Crippen LogP contribution in [-0.4, -0.2) is 29.7 Å². The molecule has 0 spiro atoms. The first-order valence-corrected chi connectivity index (χ1v) is 9.53. The van der Waals surface area contributed by atoms with Gasteiger partial charge < -0.3 is 9.47 Å². The molecule has 0 aromatic heterocycles. The second-order valence-electron chi connectivity index (χ2n) is 6.93. The Hall–Kier alpha value is -2.53. The fraction of sp³-hybridized carbons (Fsp3) is 0.318. The van der Waals surface area contributed by atoms with Gasteiger partial charge in [0.05, 0.1) is 6.04 Å². The van der Waals surface area contributed by atoms with E-state index in [-0.39, 0.29) is 18.5 Å². The summed E-state index contributed by atoms with van der Waals surface area (Å²) in [5, 5.41) is 0.703. The Morgan fingerprint density at radius 2 is 2.32 bits per heavy atom. The maximum absolute atomic E-state index is 13.5. The van der Waals surface area contributed by atoms with Crippen molar-refractivity contribution in [1.82, 2.24) is 4.90 Å². The van der Waals surface area contributed by atoms with Crippen LogP contribution >= 0.6 is 11.6 Å². The summed E-state index contributed by atoms with van der Waals surface area (Å²) in [5.41, 5.74) is 0.242. The summed E-state index contributed by atoms with van der Waals surface area (Å²) in [6.45, 7) is 4.41. The third-order valence-corrected chi connectivity index (χ3v) is 5.01. The van der Waals surface area contributed by atoms with Gasteiger partial charge in [0, 0.05) is 18.0 Å². The number of nitrogens with zero attached hydrogens (tertiary/aromatic N) is 1. The number of carbonyl (C=O) groups excluding carboxylic acids is 1. The zero-order chi connectivity index (χ0) is 20.1. The summed E-state index contributed by atoms with van der Waals surface area (Å²) in [6, 6.07) is 5.92. The van der Waals surface area contributed by atoms with Gasteiger partial charge in [0.1, 0.15) is 23.8 Å². The van der Waals surface area contributed by atoms with Crippen molar-refractivity contribution < 1.29 is 18.7 Å². The zero-order valence-corrected chi connectivity index (χ0v) is 16.7. The molecule has 4 nitrogen and oxygen atoms in total.